The molecule has 0 spiro atoms. The lowest BCUT2D eigenvalue weighted by Crippen LogP contribution is -1.92. The van der Waals surface area contributed by atoms with E-state index in [1.54, 1.807) is 0 Å². The van der Waals surface area contributed by atoms with Gasteiger partial charge in [0.15, 0.2) is 0 Å². The van der Waals surface area contributed by atoms with Crippen LogP contribution in [0.5, 0.6) is 0 Å². The molecule has 0 saturated carbocycles. The quantitative estimate of drug-likeness (QED) is 0.183. The lowest BCUT2D eigenvalue weighted by atomic mass is 10.0. The van der Waals surface area contributed by atoms with Gasteiger partial charge >= 0.3 is 0 Å². The van der Waals surface area contributed by atoms with Gasteiger partial charge in [0.2, 0.25) is 0 Å². The smallest absolute Gasteiger partial charge is 0.141 e. The third-order valence-electron chi connectivity index (χ3n) is 7.93. The van der Waals surface area contributed by atoms with Crippen LogP contribution in [-0.2, 0) is 0 Å². The molecule has 0 radical (unpaired) electrons. The Hall–Kier alpha value is -5.86. The van der Waals surface area contributed by atoms with Crippen molar-refractivity contribution in [2.45, 2.75) is 0 Å². The minimum Gasteiger partial charge on any atom is -0.463 e. The second kappa shape index (κ2) is 12.2. The first kappa shape index (κ1) is 27.0. The summed E-state index contributed by atoms with van der Waals surface area (Å²) in [5, 5.41) is 3.48. The van der Waals surface area contributed by atoms with Crippen molar-refractivity contribution in [2.24, 2.45) is 0 Å². The third kappa shape index (κ3) is 5.26. The van der Waals surface area contributed by atoms with Crippen LogP contribution in [0.1, 0.15) is 11.1 Å². The van der Waals surface area contributed by atoms with E-state index >= 15 is 0 Å². The number of hydrogen-bond acceptors (Lipinski definition) is 1. The van der Waals surface area contributed by atoms with Gasteiger partial charge in [0, 0.05) is 33.0 Å². The van der Waals surface area contributed by atoms with E-state index in [2.05, 4.69) is 151 Å². The zero-order chi connectivity index (χ0) is 29.7. The fourth-order valence-electron chi connectivity index (χ4n) is 5.80. The number of para-hydroxylation sites is 3. The van der Waals surface area contributed by atoms with E-state index in [-0.39, 0.29) is 0 Å². The molecular weight excluding hydrogens is 534 g/mol. The molecule has 0 aliphatic carbocycles. The summed E-state index contributed by atoms with van der Waals surface area (Å²) < 4.78 is 8.74. The maximum atomic E-state index is 6.40. The molecule has 5 aromatic carbocycles. The first-order valence-electron chi connectivity index (χ1n) is 14.8. The van der Waals surface area contributed by atoms with Gasteiger partial charge in [-0.15, -0.1) is 0 Å². The van der Waals surface area contributed by atoms with Crippen molar-refractivity contribution < 1.29 is 4.42 Å². The van der Waals surface area contributed by atoms with Crippen molar-refractivity contribution in [3.8, 4) is 16.8 Å². The first-order valence-corrected chi connectivity index (χ1v) is 14.8. The van der Waals surface area contributed by atoms with Crippen LogP contribution in [-0.4, -0.2) is 4.57 Å². The van der Waals surface area contributed by atoms with Crippen LogP contribution in [0.2, 0.25) is 0 Å². The lowest BCUT2D eigenvalue weighted by Gasteiger charge is -2.07. The highest BCUT2D eigenvalue weighted by molar-refractivity contribution is 6.09. The Morgan fingerprint density at radius 3 is 2.14 bits per heavy atom. The Bertz CT molecular complexity index is 2230. The molecular formula is C42H31NO. The van der Waals surface area contributed by atoms with Crippen molar-refractivity contribution in [1.29, 1.82) is 0 Å². The monoisotopic (exact) mass is 565 g/mol. The van der Waals surface area contributed by atoms with Gasteiger partial charge in [-0.25, -0.2) is 0 Å². The molecule has 0 amide bonds. The predicted molar refractivity (Wildman–Crippen MR) is 187 cm³/mol. The van der Waals surface area contributed by atoms with Crippen LogP contribution in [0.3, 0.4) is 0 Å². The van der Waals surface area contributed by atoms with Gasteiger partial charge in [0.1, 0.15) is 5.58 Å². The van der Waals surface area contributed by atoms with E-state index < -0.39 is 0 Å². The summed E-state index contributed by atoms with van der Waals surface area (Å²) >= 11 is 0. The van der Waals surface area contributed by atoms with Crippen LogP contribution in [0.15, 0.2) is 181 Å². The number of fused-ring (bicyclic) bond motifs is 4. The molecule has 7 aromatic rings. The van der Waals surface area contributed by atoms with Crippen LogP contribution >= 0.6 is 0 Å². The summed E-state index contributed by atoms with van der Waals surface area (Å²) in [4.78, 5) is 0. The standard InChI is InChI=1S/C42H31NO/c1-2-32(37-25-14-21-34-18-9-10-19-35(30-44-42(34)37)33-16-5-3-6-17-33)20-13-15-31-27-28-41-39(29-31)38-24-11-12-26-40(38)43(41)36-22-7-4-8-23-36/h2-30H,1H2/b15-13+,18-9?,19-10?,32-20+,35-30?. The maximum Gasteiger partial charge on any atom is 0.141 e. The lowest BCUT2D eigenvalue weighted by molar-refractivity contribution is 0.607. The minimum atomic E-state index is 0.801. The van der Waals surface area contributed by atoms with E-state index in [0.29, 0.717) is 0 Å². The van der Waals surface area contributed by atoms with Crippen molar-refractivity contribution >= 4 is 44.4 Å². The second-order valence-corrected chi connectivity index (χ2v) is 10.6. The average Bonchev–Trinajstić information content (AvgIpc) is 3.46. The highest BCUT2D eigenvalue weighted by atomic mass is 16.3. The molecule has 2 aromatic heterocycles. The fraction of sp³-hybridized carbons (Fsp3) is 0. The summed E-state index contributed by atoms with van der Waals surface area (Å²) in [7, 11) is 0. The molecule has 7 rings (SSSR count). The van der Waals surface area contributed by atoms with Crippen molar-refractivity contribution in [1.82, 2.24) is 4.57 Å². The third-order valence-corrected chi connectivity index (χ3v) is 7.93. The second-order valence-electron chi connectivity index (χ2n) is 10.6. The summed E-state index contributed by atoms with van der Waals surface area (Å²) in [6, 6.07) is 50.5. The van der Waals surface area contributed by atoms with Crippen LogP contribution < -0.4 is 0 Å². The van der Waals surface area contributed by atoms with Gasteiger partial charge in [0.05, 0.1) is 17.3 Å². The summed E-state index contributed by atoms with van der Waals surface area (Å²) in [6.45, 7) is 4.14. The van der Waals surface area contributed by atoms with Gasteiger partial charge in [-0.1, -0.05) is 146 Å². The highest BCUT2D eigenvalue weighted by Crippen LogP contribution is 2.33. The van der Waals surface area contributed by atoms with Crippen LogP contribution in [0.25, 0.3) is 61.2 Å². The van der Waals surface area contributed by atoms with Gasteiger partial charge in [0.25, 0.3) is 0 Å². The van der Waals surface area contributed by atoms with E-state index in [4.69, 9.17) is 4.42 Å². The largest absolute Gasteiger partial charge is 0.463 e. The molecule has 2 heterocycles. The predicted octanol–water partition coefficient (Wildman–Crippen LogP) is 11.6. The summed E-state index contributed by atoms with van der Waals surface area (Å²) in [5.41, 5.74) is 9.56. The number of allylic oxidation sites excluding steroid dienone is 4. The Labute approximate surface area is 257 Å². The van der Waals surface area contributed by atoms with Crippen molar-refractivity contribution in [3.05, 3.63) is 188 Å². The molecule has 210 valence electrons. The van der Waals surface area contributed by atoms with E-state index in [1.807, 2.05) is 36.6 Å². The van der Waals surface area contributed by atoms with E-state index in [9.17, 15) is 0 Å². The summed E-state index contributed by atoms with van der Waals surface area (Å²) in [5.74, 6) is 0. The zero-order valence-corrected chi connectivity index (χ0v) is 24.3. The van der Waals surface area contributed by atoms with E-state index in [0.717, 1.165) is 44.5 Å². The average molecular weight is 566 g/mol. The molecule has 0 aliphatic heterocycles. The SMILES string of the molecule is C=C/C(=C\C=C\c1ccc2c(c1)c1ccccc1n2-c1ccccc1)c1cccc2ccccc(-c3ccccc3)coc12. The summed E-state index contributed by atoms with van der Waals surface area (Å²) in [6.07, 6.45) is 10.0. The number of nitrogens with zero attached hydrogens (tertiary/aromatic N) is 1. The number of benzene rings is 5. The van der Waals surface area contributed by atoms with Crippen LogP contribution in [0, 0.1) is 0 Å². The van der Waals surface area contributed by atoms with Gasteiger partial charge in [-0.3, -0.25) is 0 Å². The maximum absolute atomic E-state index is 6.40. The molecule has 0 saturated heterocycles. The molecule has 0 atom stereocenters. The normalized spacial score (nSPS) is 11.8. The Morgan fingerprint density at radius 2 is 1.30 bits per heavy atom. The topological polar surface area (TPSA) is 18.1 Å². The Balaban J connectivity index is 1.28. The highest BCUT2D eigenvalue weighted by Gasteiger charge is 2.12. The van der Waals surface area contributed by atoms with Crippen molar-refractivity contribution in [3.63, 3.8) is 0 Å². The Morgan fingerprint density at radius 1 is 0.614 bits per heavy atom. The molecule has 0 bridgehead atoms. The van der Waals surface area contributed by atoms with Gasteiger partial charge < -0.3 is 8.98 Å². The molecule has 0 unspecified atom stereocenters. The fourth-order valence-corrected chi connectivity index (χ4v) is 5.80. The van der Waals surface area contributed by atoms with Gasteiger partial charge in [-0.05, 0) is 47.0 Å². The van der Waals surface area contributed by atoms with Crippen LogP contribution in [0.4, 0.5) is 0 Å². The zero-order valence-electron chi connectivity index (χ0n) is 24.3. The number of rotatable bonds is 6. The molecule has 44 heavy (non-hydrogen) atoms. The Kier molecular flexibility index (Phi) is 7.47. The number of aromatic nitrogens is 1. The molecule has 0 aliphatic rings. The molecule has 2 nitrogen and oxygen atoms in total. The van der Waals surface area contributed by atoms with Crippen molar-refractivity contribution in [2.75, 3.05) is 0 Å². The first-order chi connectivity index (χ1) is 21.8. The minimum absolute atomic E-state index is 0.801. The number of hydrogen-bond donors (Lipinski definition) is 0. The molecule has 0 fully saturated rings. The van der Waals surface area contributed by atoms with E-state index in [1.165, 1.54) is 21.8 Å². The van der Waals surface area contributed by atoms with Gasteiger partial charge in [-0.2, -0.15) is 0 Å². The molecule has 0 N–H and O–H groups in total. The molecule has 2 heteroatoms.